The van der Waals surface area contributed by atoms with Crippen molar-refractivity contribution in [1.29, 1.82) is 0 Å². The molecular formula is C44H64N8O20. The van der Waals surface area contributed by atoms with Crippen LogP contribution in [-0.4, -0.2) is 256 Å². The number of nitrogens with zero attached hydrogens (tertiary/aromatic N) is 6. The number of benzene rings is 2. The maximum absolute atomic E-state index is 11.6. The third-order valence-corrected chi connectivity index (χ3v) is 10.6. The number of nitrogen functional groups attached to an aromatic ring is 2. The van der Waals surface area contributed by atoms with Gasteiger partial charge in [0.1, 0.15) is 0 Å². The predicted molar refractivity (Wildman–Crippen MR) is 251 cm³/mol. The summed E-state index contributed by atoms with van der Waals surface area (Å²) in [4.78, 5) is 121. The lowest BCUT2D eigenvalue weighted by atomic mass is 10.0. The highest BCUT2D eigenvalue weighted by atomic mass is 16.4. The first-order valence-corrected chi connectivity index (χ1v) is 21.8. The van der Waals surface area contributed by atoms with Gasteiger partial charge in [0, 0.05) is 61.7 Å². The van der Waals surface area contributed by atoms with Gasteiger partial charge in [-0.25, -0.2) is 0 Å². The molecule has 0 unspecified atom stereocenters. The van der Waals surface area contributed by atoms with E-state index in [9.17, 15) is 78.6 Å². The van der Waals surface area contributed by atoms with Crippen LogP contribution in [0.1, 0.15) is 25.0 Å². The summed E-state index contributed by atoms with van der Waals surface area (Å²) in [6.45, 7) is -3.11. The zero-order valence-corrected chi connectivity index (χ0v) is 39.6. The van der Waals surface area contributed by atoms with Gasteiger partial charge in [0.2, 0.25) is 0 Å². The highest BCUT2D eigenvalue weighted by molar-refractivity contribution is 5.75. The van der Waals surface area contributed by atoms with E-state index in [-0.39, 0.29) is 39.0 Å². The zero-order chi connectivity index (χ0) is 54.8. The lowest BCUT2D eigenvalue weighted by molar-refractivity contribution is -0.146. The fraction of sp³-hybridized carbons (Fsp3) is 0.500. The summed E-state index contributed by atoms with van der Waals surface area (Å²) in [6.07, 6.45) is 0.332. The normalized spacial score (nSPS) is 13.0. The summed E-state index contributed by atoms with van der Waals surface area (Å²) in [5.41, 5.74) is 13.8. The van der Waals surface area contributed by atoms with Gasteiger partial charge in [0.15, 0.2) is 0 Å². The molecule has 0 radical (unpaired) electrons. The Morgan fingerprint density at radius 2 is 0.556 bits per heavy atom. The molecule has 0 aliphatic rings. The number of carbonyl (C=O) groups is 10. The van der Waals surface area contributed by atoms with E-state index in [4.69, 9.17) is 31.9 Å². The van der Waals surface area contributed by atoms with Crippen LogP contribution in [0.4, 0.5) is 11.4 Å². The largest absolute Gasteiger partial charge is 0.480 e. The van der Waals surface area contributed by atoms with Crippen LogP contribution in [-0.2, 0) is 60.8 Å². The average Bonchev–Trinajstić information content (AvgIpc) is 3.22. The molecule has 400 valence electrons. The van der Waals surface area contributed by atoms with E-state index in [0.29, 0.717) is 22.5 Å². The van der Waals surface area contributed by atoms with E-state index >= 15 is 0 Å². The van der Waals surface area contributed by atoms with E-state index in [2.05, 4.69) is 0 Å². The molecule has 0 bridgehead atoms. The molecule has 0 saturated heterocycles. The van der Waals surface area contributed by atoms with Gasteiger partial charge in [-0.05, 0) is 62.1 Å². The molecule has 0 aliphatic carbocycles. The fourth-order valence-corrected chi connectivity index (χ4v) is 7.59. The first-order valence-electron chi connectivity index (χ1n) is 21.8. The fourth-order valence-electron chi connectivity index (χ4n) is 7.59. The van der Waals surface area contributed by atoms with Crippen molar-refractivity contribution in [2.24, 2.45) is 0 Å². The number of carboxylic acid groups (broad SMARTS) is 10. The molecule has 14 N–H and O–H groups in total. The van der Waals surface area contributed by atoms with Gasteiger partial charge in [-0.15, -0.1) is 0 Å². The van der Waals surface area contributed by atoms with Crippen LogP contribution in [0.15, 0.2) is 48.5 Å². The minimum absolute atomic E-state index is 0.0704. The third kappa shape index (κ3) is 27.6. The molecule has 0 aromatic heterocycles. The Labute approximate surface area is 412 Å². The van der Waals surface area contributed by atoms with Gasteiger partial charge >= 0.3 is 59.7 Å². The number of nitrogens with two attached hydrogens (primary N) is 2. The van der Waals surface area contributed by atoms with Gasteiger partial charge in [-0.1, -0.05) is 24.3 Å². The molecule has 0 amide bonds. The van der Waals surface area contributed by atoms with Crippen molar-refractivity contribution in [2.45, 2.75) is 50.9 Å². The van der Waals surface area contributed by atoms with E-state index < -0.39 is 149 Å². The number of rotatable bonds is 36. The Kier molecular flexibility index (Phi) is 27.5. The molecule has 28 nitrogen and oxygen atoms in total. The Morgan fingerprint density at radius 3 is 0.764 bits per heavy atom. The minimum Gasteiger partial charge on any atom is -0.480 e. The summed E-state index contributed by atoms with van der Waals surface area (Å²) >= 11 is 0. The molecule has 72 heavy (non-hydrogen) atoms. The highest BCUT2D eigenvalue weighted by Gasteiger charge is 2.31. The quantitative estimate of drug-likeness (QED) is 0.0322. The zero-order valence-electron chi connectivity index (χ0n) is 39.6. The topological polar surface area (TPSA) is 444 Å². The second kappa shape index (κ2) is 31.7. The van der Waals surface area contributed by atoms with E-state index in [1.807, 2.05) is 0 Å². The lowest BCUT2D eigenvalue weighted by Crippen LogP contribution is -2.53. The lowest BCUT2D eigenvalue weighted by Gasteiger charge is -2.36. The molecule has 2 aromatic carbocycles. The molecule has 28 heteroatoms. The van der Waals surface area contributed by atoms with Crippen molar-refractivity contribution >= 4 is 71.1 Å². The number of hydrogen-bond acceptors (Lipinski definition) is 18. The van der Waals surface area contributed by atoms with Gasteiger partial charge in [0.05, 0.1) is 65.4 Å². The molecule has 0 heterocycles. The first kappa shape index (κ1) is 62.5. The van der Waals surface area contributed by atoms with E-state index in [1.165, 1.54) is 19.6 Å². The summed E-state index contributed by atoms with van der Waals surface area (Å²) in [5, 5.41) is 92.7. The van der Waals surface area contributed by atoms with Crippen LogP contribution in [0, 0.1) is 0 Å². The van der Waals surface area contributed by atoms with Crippen molar-refractivity contribution in [2.75, 3.05) is 103 Å². The third-order valence-electron chi connectivity index (χ3n) is 10.6. The van der Waals surface area contributed by atoms with Gasteiger partial charge in [-0.2, -0.15) is 0 Å². The van der Waals surface area contributed by atoms with Gasteiger partial charge in [0.25, 0.3) is 0 Å². The van der Waals surface area contributed by atoms with Crippen molar-refractivity contribution in [1.82, 2.24) is 29.4 Å². The Hall–Kier alpha value is -7.50. The van der Waals surface area contributed by atoms with E-state index in [0.717, 1.165) is 9.80 Å². The number of hydrogen-bond donors (Lipinski definition) is 12. The number of aliphatic carboxylic acids is 10. The minimum atomic E-state index is -1.27. The van der Waals surface area contributed by atoms with Crippen LogP contribution >= 0.6 is 0 Å². The molecule has 0 aliphatic heterocycles. The van der Waals surface area contributed by atoms with Crippen molar-refractivity contribution in [3.05, 3.63) is 59.7 Å². The maximum Gasteiger partial charge on any atom is 0.317 e. The van der Waals surface area contributed by atoms with Gasteiger partial charge in [-0.3, -0.25) is 77.3 Å². The van der Waals surface area contributed by atoms with E-state index in [1.54, 1.807) is 62.4 Å². The Balaban J connectivity index is 0.000000720. The number of anilines is 2. The molecule has 0 saturated carbocycles. The van der Waals surface area contributed by atoms with Gasteiger partial charge < -0.3 is 62.5 Å². The molecule has 2 rings (SSSR count). The van der Waals surface area contributed by atoms with Crippen LogP contribution < -0.4 is 11.5 Å². The average molecular weight is 1030 g/mol. The van der Waals surface area contributed by atoms with Crippen molar-refractivity contribution in [3.8, 4) is 0 Å². The van der Waals surface area contributed by atoms with Crippen LogP contribution in [0.25, 0.3) is 0 Å². The molecule has 0 spiro atoms. The second-order valence-electron chi connectivity index (χ2n) is 16.8. The van der Waals surface area contributed by atoms with Crippen molar-refractivity contribution < 1.29 is 99.0 Å². The standard InChI is InChI=1S/2C22H32N4O10/c2*1-14(25(10-19(29)30)11-20(31)32)7-24(9-18(27)28)8-17(6-15-2-4-16(23)5-3-15)26(12-21(33)34)13-22(35)36/h2*2-5,14,17H,6-13,23H2,1H3,(H,27,28)(H,29,30)(H,31,32)(H,33,34)(H,35,36)/t2*14-,17-/m10/s1. The summed E-state index contributed by atoms with van der Waals surface area (Å²) in [5.74, 6) is -12.6. The monoisotopic (exact) mass is 1020 g/mol. The maximum atomic E-state index is 11.6. The number of carboxylic acids is 10. The molecule has 4 atom stereocenters. The second-order valence-corrected chi connectivity index (χ2v) is 16.8. The highest BCUT2D eigenvalue weighted by Crippen LogP contribution is 2.17. The Bertz CT molecular complexity index is 1930. The summed E-state index contributed by atoms with van der Waals surface area (Å²) in [6, 6.07) is 10.3. The molecular weight excluding hydrogens is 961 g/mol. The predicted octanol–water partition coefficient (Wildman–Crippen LogP) is -2.21. The first-order chi connectivity index (χ1) is 33.5. The van der Waals surface area contributed by atoms with Crippen LogP contribution in [0.2, 0.25) is 0 Å². The van der Waals surface area contributed by atoms with Crippen LogP contribution in [0.3, 0.4) is 0 Å². The molecule has 0 fully saturated rings. The van der Waals surface area contributed by atoms with Crippen molar-refractivity contribution in [3.63, 3.8) is 0 Å². The SMILES string of the molecule is C[C@@H](CN(CC(=O)O)C[C@H](Cc1ccc(N)cc1)N(CC(=O)O)CC(=O)O)N(CC(=O)O)CC(=O)O.C[C@H](CN(CC(=O)O)C[C@@H](Cc1ccc(N)cc1)N(CC(=O)O)CC(=O)O)N(CC(=O)O)CC(=O)O. The van der Waals surface area contributed by atoms with Crippen LogP contribution in [0.5, 0.6) is 0 Å². The summed E-state index contributed by atoms with van der Waals surface area (Å²) < 4.78 is 0. The molecule has 2 aromatic rings. The summed E-state index contributed by atoms with van der Waals surface area (Å²) in [7, 11) is 0. The Morgan fingerprint density at radius 1 is 0.347 bits per heavy atom. The smallest absolute Gasteiger partial charge is 0.317 e.